The Hall–Kier alpha value is -1.26. The second kappa shape index (κ2) is 7.66. The molecule has 1 heteroatoms. The predicted octanol–water partition coefficient (Wildman–Crippen LogP) is 6.31. The third-order valence-corrected chi connectivity index (χ3v) is 10.8. The Morgan fingerprint density at radius 2 is 1.38 bits per heavy atom. The maximum atomic E-state index is 3.77. The van der Waals surface area contributed by atoms with Crippen molar-refractivity contribution in [3.8, 4) is 11.5 Å². The molecule has 0 heterocycles. The molecule has 1 rings (SSSR count). The summed E-state index contributed by atoms with van der Waals surface area (Å²) in [6.45, 7) is 16.3. The van der Waals surface area contributed by atoms with Crippen LogP contribution in [0.2, 0.25) is 16.6 Å². The summed E-state index contributed by atoms with van der Waals surface area (Å²) in [4.78, 5) is 0. The standard InChI is InChI=1S/C20H30Si/c1-16(2)21(17(3)4,18(5)6)14-13-19(7)15-20-11-9-8-10-12-20/h8-12,15-18H,1-7H3/b19-15+. The molecule has 114 valence electrons. The van der Waals surface area contributed by atoms with Crippen LogP contribution in [0.4, 0.5) is 0 Å². The lowest BCUT2D eigenvalue weighted by Crippen LogP contribution is -2.43. The van der Waals surface area contributed by atoms with Crippen molar-refractivity contribution in [1.82, 2.24) is 0 Å². The van der Waals surface area contributed by atoms with Gasteiger partial charge in [0.1, 0.15) is 8.07 Å². The van der Waals surface area contributed by atoms with E-state index in [-0.39, 0.29) is 0 Å². The van der Waals surface area contributed by atoms with Crippen LogP contribution in [-0.2, 0) is 0 Å². The average molecular weight is 299 g/mol. The lowest BCUT2D eigenvalue weighted by atomic mass is 10.1. The molecule has 0 spiro atoms. The van der Waals surface area contributed by atoms with Crippen LogP contribution in [0.3, 0.4) is 0 Å². The van der Waals surface area contributed by atoms with E-state index in [9.17, 15) is 0 Å². The molecule has 0 saturated heterocycles. The van der Waals surface area contributed by atoms with Crippen molar-refractivity contribution < 1.29 is 0 Å². The molecule has 0 aliphatic carbocycles. The zero-order chi connectivity index (χ0) is 16.0. The van der Waals surface area contributed by atoms with Gasteiger partial charge in [0.15, 0.2) is 0 Å². The fourth-order valence-electron chi connectivity index (χ4n) is 3.48. The van der Waals surface area contributed by atoms with Gasteiger partial charge in [-0.05, 0) is 40.8 Å². The van der Waals surface area contributed by atoms with Crippen LogP contribution in [-0.4, -0.2) is 8.07 Å². The molecular weight excluding hydrogens is 268 g/mol. The molecular formula is C20H30Si. The molecule has 0 N–H and O–H groups in total. The van der Waals surface area contributed by atoms with Gasteiger partial charge in [0.25, 0.3) is 0 Å². The van der Waals surface area contributed by atoms with Gasteiger partial charge in [-0.2, -0.15) is 0 Å². The van der Waals surface area contributed by atoms with E-state index in [4.69, 9.17) is 0 Å². The maximum Gasteiger partial charge on any atom is 0.146 e. The molecule has 21 heavy (non-hydrogen) atoms. The molecule has 0 aromatic heterocycles. The first-order valence-electron chi connectivity index (χ1n) is 8.07. The quantitative estimate of drug-likeness (QED) is 0.451. The molecule has 1 aromatic carbocycles. The van der Waals surface area contributed by atoms with E-state index in [0.717, 1.165) is 0 Å². The number of hydrogen-bond donors (Lipinski definition) is 0. The summed E-state index contributed by atoms with van der Waals surface area (Å²) in [5.74, 6) is 3.49. The van der Waals surface area contributed by atoms with Gasteiger partial charge in [-0.25, -0.2) is 0 Å². The van der Waals surface area contributed by atoms with Crippen molar-refractivity contribution in [1.29, 1.82) is 0 Å². The maximum absolute atomic E-state index is 3.77. The van der Waals surface area contributed by atoms with E-state index in [1.165, 1.54) is 11.1 Å². The van der Waals surface area contributed by atoms with Crippen molar-refractivity contribution in [2.75, 3.05) is 0 Å². The molecule has 0 bridgehead atoms. The summed E-state index contributed by atoms with van der Waals surface area (Å²) in [7, 11) is -1.61. The first-order chi connectivity index (χ1) is 9.80. The average Bonchev–Trinajstić information content (AvgIpc) is 2.39. The van der Waals surface area contributed by atoms with Gasteiger partial charge in [-0.1, -0.05) is 77.8 Å². The summed E-state index contributed by atoms with van der Waals surface area (Å²) in [5.41, 5.74) is 8.24. The van der Waals surface area contributed by atoms with Crippen molar-refractivity contribution >= 4 is 14.1 Å². The third kappa shape index (κ3) is 4.35. The molecule has 0 radical (unpaired) electrons. The zero-order valence-electron chi connectivity index (χ0n) is 14.7. The Morgan fingerprint density at radius 1 is 0.905 bits per heavy atom. The van der Waals surface area contributed by atoms with Gasteiger partial charge in [-0.15, -0.1) is 5.54 Å². The second-order valence-electron chi connectivity index (χ2n) is 6.89. The van der Waals surface area contributed by atoms with Gasteiger partial charge in [-0.3, -0.25) is 0 Å². The normalized spacial score (nSPS) is 12.8. The summed E-state index contributed by atoms with van der Waals surface area (Å²) in [6.07, 6.45) is 2.19. The Bertz CT molecular complexity index is 502. The smallest absolute Gasteiger partial charge is 0.125 e. The van der Waals surface area contributed by atoms with Gasteiger partial charge in [0, 0.05) is 0 Å². The lowest BCUT2D eigenvalue weighted by molar-refractivity contribution is 0.838. The largest absolute Gasteiger partial charge is 0.146 e. The molecule has 0 aliphatic heterocycles. The predicted molar refractivity (Wildman–Crippen MR) is 98.9 cm³/mol. The fraction of sp³-hybridized carbons (Fsp3) is 0.500. The van der Waals surface area contributed by atoms with Crippen LogP contribution >= 0.6 is 0 Å². The first-order valence-corrected chi connectivity index (χ1v) is 10.3. The Kier molecular flexibility index (Phi) is 6.49. The highest BCUT2D eigenvalue weighted by Gasteiger charge is 2.41. The Morgan fingerprint density at radius 3 is 1.81 bits per heavy atom. The van der Waals surface area contributed by atoms with Crippen LogP contribution in [0.15, 0.2) is 35.9 Å². The summed E-state index contributed by atoms with van der Waals surface area (Å²) < 4.78 is 0. The summed E-state index contributed by atoms with van der Waals surface area (Å²) in [5, 5.41) is 0. The van der Waals surface area contributed by atoms with Crippen molar-refractivity contribution in [3.05, 3.63) is 41.5 Å². The van der Waals surface area contributed by atoms with E-state index in [0.29, 0.717) is 16.6 Å². The molecule has 0 unspecified atom stereocenters. The van der Waals surface area contributed by atoms with Gasteiger partial charge < -0.3 is 0 Å². The highest BCUT2D eigenvalue weighted by atomic mass is 28.3. The van der Waals surface area contributed by atoms with Gasteiger partial charge in [0.2, 0.25) is 0 Å². The van der Waals surface area contributed by atoms with Crippen LogP contribution in [0.25, 0.3) is 6.08 Å². The summed E-state index contributed by atoms with van der Waals surface area (Å²) in [6, 6.07) is 10.4. The molecule has 1 aromatic rings. The lowest BCUT2D eigenvalue weighted by Gasteiger charge is -2.38. The minimum absolute atomic E-state index is 0.689. The second-order valence-corrected chi connectivity index (χ2v) is 12.5. The van der Waals surface area contributed by atoms with Crippen molar-refractivity contribution in [2.45, 2.75) is 65.1 Å². The number of rotatable bonds is 4. The van der Waals surface area contributed by atoms with Gasteiger partial charge >= 0.3 is 0 Å². The van der Waals surface area contributed by atoms with E-state index >= 15 is 0 Å². The van der Waals surface area contributed by atoms with E-state index < -0.39 is 8.07 Å². The minimum atomic E-state index is -1.61. The van der Waals surface area contributed by atoms with E-state index in [1.54, 1.807) is 0 Å². The molecule has 0 aliphatic rings. The van der Waals surface area contributed by atoms with E-state index in [1.807, 2.05) is 6.07 Å². The molecule has 0 fully saturated rings. The molecule has 0 nitrogen and oxygen atoms in total. The molecule has 0 atom stereocenters. The highest BCUT2D eigenvalue weighted by molar-refractivity contribution is 6.90. The zero-order valence-corrected chi connectivity index (χ0v) is 15.7. The number of benzene rings is 1. The number of hydrogen-bond acceptors (Lipinski definition) is 0. The van der Waals surface area contributed by atoms with Crippen LogP contribution in [0.1, 0.15) is 54.0 Å². The monoisotopic (exact) mass is 298 g/mol. The molecule has 0 amide bonds. The minimum Gasteiger partial charge on any atom is -0.125 e. The third-order valence-electron chi connectivity index (χ3n) is 4.52. The number of allylic oxidation sites excluding steroid dienone is 1. The van der Waals surface area contributed by atoms with Crippen LogP contribution in [0, 0.1) is 11.5 Å². The Balaban J connectivity index is 3.14. The van der Waals surface area contributed by atoms with Crippen molar-refractivity contribution in [3.63, 3.8) is 0 Å². The summed E-state index contributed by atoms with van der Waals surface area (Å²) >= 11 is 0. The van der Waals surface area contributed by atoms with E-state index in [2.05, 4.69) is 90.3 Å². The van der Waals surface area contributed by atoms with Crippen LogP contribution < -0.4 is 0 Å². The Labute approximate surface area is 132 Å². The first kappa shape index (κ1) is 17.8. The SMILES string of the molecule is C/C(C#C[Si](C(C)C)(C(C)C)C(C)C)=C\c1ccccc1. The molecule has 0 saturated carbocycles. The van der Waals surface area contributed by atoms with Crippen LogP contribution in [0.5, 0.6) is 0 Å². The highest BCUT2D eigenvalue weighted by Crippen LogP contribution is 2.40. The topological polar surface area (TPSA) is 0 Å². The van der Waals surface area contributed by atoms with Gasteiger partial charge in [0.05, 0.1) is 0 Å². The van der Waals surface area contributed by atoms with Crippen molar-refractivity contribution in [2.24, 2.45) is 0 Å². The fourth-order valence-corrected chi connectivity index (χ4v) is 8.75.